The summed E-state index contributed by atoms with van der Waals surface area (Å²) in [5.74, 6) is 0.457. The van der Waals surface area contributed by atoms with Crippen LogP contribution in [0.4, 0.5) is 0 Å². The first-order valence-corrected chi connectivity index (χ1v) is 6.80. The molecule has 0 aliphatic heterocycles. The van der Waals surface area contributed by atoms with Gasteiger partial charge in [-0.05, 0) is 49.9 Å². The van der Waals surface area contributed by atoms with Gasteiger partial charge >= 0.3 is 0 Å². The molecule has 1 aromatic carbocycles. The van der Waals surface area contributed by atoms with Crippen molar-refractivity contribution in [2.24, 2.45) is 0 Å². The van der Waals surface area contributed by atoms with Gasteiger partial charge in [0, 0.05) is 22.6 Å². The van der Waals surface area contributed by atoms with Crippen LogP contribution in [0.1, 0.15) is 47.7 Å². The van der Waals surface area contributed by atoms with Crippen LogP contribution in [0.5, 0.6) is 0 Å². The fourth-order valence-corrected chi connectivity index (χ4v) is 2.83. The van der Waals surface area contributed by atoms with Crippen LogP contribution in [0.2, 0.25) is 0 Å². The maximum atomic E-state index is 10.8. The lowest BCUT2D eigenvalue weighted by Gasteiger charge is -2.25. The summed E-state index contributed by atoms with van der Waals surface area (Å²) in [6.45, 7) is 0. The van der Waals surface area contributed by atoms with E-state index in [0.29, 0.717) is 11.5 Å². The molecule has 0 atom stereocenters. The summed E-state index contributed by atoms with van der Waals surface area (Å²) in [6, 6.07) is 9.66. The van der Waals surface area contributed by atoms with Gasteiger partial charge in [0.05, 0.1) is 11.6 Å². The van der Waals surface area contributed by atoms with Crippen LogP contribution in [0.3, 0.4) is 0 Å². The Hall–Kier alpha value is -1.74. The molecular weight excluding hydrogens is 238 g/mol. The van der Waals surface area contributed by atoms with Crippen molar-refractivity contribution in [1.29, 1.82) is 0 Å². The average molecular weight is 255 g/mol. The normalized spacial score (nSPS) is 23.4. The third-order valence-electron chi connectivity index (χ3n) is 3.99. The highest BCUT2D eigenvalue weighted by molar-refractivity contribution is 5.86. The number of aromatic nitrogens is 1. The van der Waals surface area contributed by atoms with E-state index >= 15 is 0 Å². The van der Waals surface area contributed by atoms with Crippen molar-refractivity contribution < 1.29 is 9.90 Å². The summed E-state index contributed by atoms with van der Waals surface area (Å²) in [5.41, 5.74) is 2.73. The predicted octanol–water partition coefficient (Wildman–Crippen LogP) is 3.07. The highest BCUT2D eigenvalue weighted by Gasteiger charge is 2.21. The van der Waals surface area contributed by atoms with Crippen molar-refractivity contribution in [1.82, 2.24) is 4.98 Å². The van der Waals surface area contributed by atoms with Crippen LogP contribution < -0.4 is 0 Å². The maximum Gasteiger partial charge on any atom is 0.150 e. The zero-order valence-electron chi connectivity index (χ0n) is 10.7. The van der Waals surface area contributed by atoms with Gasteiger partial charge in [0.1, 0.15) is 6.29 Å². The number of hydrogen-bond donors (Lipinski definition) is 1. The van der Waals surface area contributed by atoms with Crippen LogP contribution in [0.15, 0.2) is 30.3 Å². The lowest BCUT2D eigenvalue weighted by molar-refractivity contribution is 0.112. The Labute approximate surface area is 112 Å². The zero-order chi connectivity index (χ0) is 13.2. The van der Waals surface area contributed by atoms with Crippen LogP contribution >= 0.6 is 0 Å². The Bertz CT molecular complexity index is 601. The molecule has 0 radical (unpaired) electrons. The van der Waals surface area contributed by atoms with Gasteiger partial charge < -0.3 is 5.11 Å². The molecule has 3 nitrogen and oxygen atoms in total. The van der Waals surface area contributed by atoms with Crippen LogP contribution in [0.25, 0.3) is 10.9 Å². The highest BCUT2D eigenvalue weighted by atomic mass is 16.3. The van der Waals surface area contributed by atoms with Gasteiger partial charge in [-0.3, -0.25) is 9.78 Å². The molecule has 0 spiro atoms. The molecule has 0 saturated heterocycles. The van der Waals surface area contributed by atoms with E-state index in [1.807, 2.05) is 18.2 Å². The average Bonchev–Trinajstić information content (AvgIpc) is 2.47. The van der Waals surface area contributed by atoms with Crippen molar-refractivity contribution in [3.63, 3.8) is 0 Å². The molecule has 0 unspecified atom stereocenters. The Morgan fingerprint density at radius 2 is 1.89 bits per heavy atom. The summed E-state index contributed by atoms with van der Waals surface area (Å²) in [5, 5.41) is 10.6. The van der Waals surface area contributed by atoms with E-state index in [1.54, 1.807) is 6.07 Å². The fourth-order valence-electron chi connectivity index (χ4n) is 2.83. The summed E-state index contributed by atoms with van der Waals surface area (Å²) >= 11 is 0. The van der Waals surface area contributed by atoms with E-state index in [2.05, 4.69) is 6.07 Å². The molecule has 1 heterocycles. The lowest BCUT2D eigenvalue weighted by Crippen LogP contribution is -2.17. The zero-order valence-corrected chi connectivity index (χ0v) is 10.7. The van der Waals surface area contributed by atoms with E-state index in [4.69, 9.17) is 4.98 Å². The number of aldehydes is 1. The minimum absolute atomic E-state index is 0.133. The van der Waals surface area contributed by atoms with Crippen molar-refractivity contribution >= 4 is 17.2 Å². The molecule has 98 valence electrons. The summed E-state index contributed by atoms with van der Waals surface area (Å²) < 4.78 is 0. The van der Waals surface area contributed by atoms with Gasteiger partial charge in [-0.1, -0.05) is 6.07 Å². The van der Waals surface area contributed by atoms with Gasteiger partial charge in [0.15, 0.2) is 0 Å². The number of aliphatic hydroxyl groups excluding tert-OH is 1. The van der Waals surface area contributed by atoms with Gasteiger partial charge in [-0.2, -0.15) is 0 Å². The van der Waals surface area contributed by atoms with Crippen molar-refractivity contribution in [2.45, 2.75) is 37.7 Å². The summed E-state index contributed by atoms with van der Waals surface area (Å²) in [4.78, 5) is 15.5. The first-order valence-electron chi connectivity index (χ1n) is 6.80. The second-order valence-electron chi connectivity index (χ2n) is 5.31. The maximum absolute atomic E-state index is 10.8. The predicted molar refractivity (Wildman–Crippen MR) is 74.3 cm³/mol. The molecule has 19 heavy (non-hydrogen) atoms. The molecule has 1 aromatic heterocycles. The number of carbonyl (C=O) groups is 1. The molecule has 2 aromatic rings. The van der Waals surface area contributed by atoms with Crippen LogP contribution in [-0.4, -0.2) is 22.5 Å². The molecule has 1 fully saturated rings. The van der Waals surface area contributed by atoms with E-state index in [1.165, 1.54) is 0 Å². The highest BCUT2D eigenvalue weighted by Crippen LogP contribution is 2.32. The van der Waals surface area contributed by atoms with E-state index in [-0.39, 0.29) is 6.10 Å². The number of fused-ring (bicyclic) bond motifs is 1. The first kappa shape index (κ1) is 12.3. The monoisotopic (exact) mass is 255 g/mol. The SMILES string of the molecule is O=Cc1ccc2nc([C@H]3CC[C@H](O)CC3)ccc2c1. The number of nitrogens with zero attached hydrogens (tertiary/aromatic N) is 1. The molecule has 1 aliphatic carbocycles. The quantitative estimate of drug-likeness (QED) is 0.839. The van der Waals surface area contributed by atoms with Gasteiger partial charge in [-0.15, -0.1) is 0 Å². The Morgan fingerprint density at radius 3 is 2.63 bits per heavy atom. The van der Waals surface area contributed by atoms with E-state index < -0.39 is 0 Å². The van der Waals surface area contributed by atoms with Crippen molar-refractivity contribution in [3.05, 3.63) is 41.6 Å². The van der Waals surface area contributed by atoms with Crippen molar-refractivity contribution in [3.8, 4) is 0 Å². The molecule has 0 amide bonds. The Balaban J connectivity index is 1.91. The van der Waals surface area contributed by atoms with Crippen LogP contribution in [0, 0.1) is 0 Å². The number of carbonyl (C=O) groups excluding carboxylic acids is 1. The van der Waals surface area contributed by atoms with Gasteiger partial charge in [0.2, 0.25) is 0 Å². The third-order valence-corrected chi connectivity index (χ3v) is 3.99. The van der Waals surface area contributed by atoms with Gasteiger partial charge in [-0.25, -0.2) is 0 Å². The van der Waals surface area contributed by atoms with Crippen LogP contribution in [-0.2, 0) is 0 Å². The topological polar surface area (TPSA) is 50.2 Å². The Kier molecular flexibility index (Phi) is 3.30. The summed E-state index contributed by atoms with van der Waals surface area (Å²) in [6.07, 6.45) is 4.48. The number of aliphatic hydroxyl groups is 1. The van der Waals surface area contributed by atoms with Gasteiger partial charge in [0.25, 0.3) is 0 Å². The molecular formula is C16H17NO2. The number of rotatable bonds is 2. The second-order valence-corrected chi connectivity index (χ2v) is 5.31. The lowest BCUT2D eigenvalue weighted by atomic mass is 9.85. The fraction of sp³-hybridized carbons (Fsp3) is 0.375. The van der Waals surface area contributed by atoms with E-state index in [0.717, 1.165) is 48.6 Å². The number of hydrogen-bond acceptors (Lipinski definition) is 3. The molecule has 3 rings (SSSR count). The number of pyridine rings is 1. The first-order chi connectivity index (χ1) is 9.26. The molecule has 3 heteroatoms. The molecule has 1 aliphatic rings. The molecule has 1 saturated carbocycles. The smallest absolute Gasteiger partial charge is 0.150 e. The second kappa shape index (κ2) is 5.10. The number of benzene rings is 1. The standard InChI is InChI=1S/C16H17NO2/c18-10-11-1-7-16-13(9-11)4-8-15(17-16)12-2-5-14(19)6-3-12/h1,4,7-10,12,14,19H,2-3,5-6H2/t12-,14-. The molecule has 1 N–H and O–H groups in total. The Morgan fingerprint density at radius 1 is 1.11 bits per heavy atom. The minimum Gasteiger partial charge on any atom is -0.393 e. The largest absolute Gasteiger partial charge is 0.393 e. The third kappa shape index (κ3) is 2.51. The van der Waals surface area contributed by atoms with E-state index in [9.17, 15) is 9.90 Å². The molecule has 0 bridgehead atoms. The minimum atomic E-state index is -0.133. The van der Waals surface area contributed by atoms with Crippen molar-refractivity contribution in [2.75, 3.05) is 0 Å². The summed E-state index contributed by atoms with van der Waals surface area (Å²) in [7, 11) is 0.